The summed E-state index contributed by atoms with van der Waals surface area (Å²) < 4.78 is 0. The molecule has 2 rings (SSSR count). The first kappa shape index (κ1) is 12.8. The van der Waals surface area contributed by atoms with Gasteiger partial charge in [0.15, 0.2) is 0 Å². The zero-order valence-electron chi connectivity index (χ0n) is 10.9. The van der Waals surface area contributed by atoms with Crippen molar-refractivity contribution in [2.24, 2.45) is 0 Å². The van der Waals surface area contributed by atoms with Crippen LogP contribution in [-0.2, 0) is 0 Å². The van der Waals surface area contributed by atoms with Crippen LogP contribution < -0.4 is 4.90 Å². The lowest BCUT2D eigenvalue weighted by atomic mass is 10.1. The van der Waals surface area contributed by atoms with Crippen molar-refractivity contribution >= 4 is 17.7 Å². The third-order valence-electron chi connectivity index (χ3n) is 3.10. The van der Waals surface area contributed by atoms with E-state index in [9.17, 15) is 4.79 Å². The van der Waals surface area contributed by atoms with Crippen LogP contribution in [-0.4, -0.2) is 13.3 Å². The van der Waals surface area contributed by atoms with Gasteiger partial charge in [-0.15, -0.1) is 0 Å². The molecule has 0 radical (unpaired) electrons. The molecule has 2 aromatic carbocycles. The molecule has 0 aliphatic carbocycles. The minimum absolute atomic E-state index is 0.644. The largest absolute Gasteiger partial charge is 0.344 e. The fourth-order valence-corrected chi connectivity index (χ4v) is 2.03. The standard InChI is InChI=1S/C16H14N2O/c1-12-9-14(11-19)5-8-16(12)18(2)15-6-3-13(10-17)4-7-15/h3-9,11H,1-2H3. The van der Waals surface area contributed by atoms with Gasteiger partial charge >= 0.3 is 0 Å². The molecule has 2 aromatic rings. The summed E-state index contributed by atoms with van der Waals surface area (Å²) in [5.74, 6) is 0. The molecule has 19 heavy (non-hydrogen) atoms. The minimum Gasteiger partial charge on any atom is -0.344 e. The van der Waals surface area contributed by atoms with E-state index in [0.717, 1.165) is 23.2 Å². The quantitative estimate of drug-likeness (QED) is 0.784. The average molecular weight is 250 g/mol. The predicted molar refractivity (Wildman–Crippen MR) is 75.8 cm³/mol. The van der Waals surface area contributed by atoms with Crippen molar-refractivity contribution in [1.29, 1.82) is 5.26 Å². The third-order valence-corrected chi connectivity index (χ3v) is 3.10. The van der Waals surface area contributed by atoms with Crippen molar-refractivity contribution in [1.82, 2.24) is 0 Å². The molecular weight excluding hydrogens is 236 g/mol. The number of hydrogen-bond acceptors (Lipinski definition) is 3. The molecule has 0 amide bonds. The van der Waals surface area contributed by atoms with Crippen molar-refractivity contribution in [2.45, 2.75) is 6.92 Å². The fraction of sp³-hybridized carbons (Fsp3) is 0.125. The molecule has 0 aliphatic rings. The number of carbonyl (C=O) groups excluding carboxylic acids is 1. The smallest absolute Gasteiger partial charge is 0.150 e. The molecule has 0 unspecified atom stereocenters. The van der Waals surface area contributed by atoms with E-state index in [1.807, 2.05) is 43.1 Å². The second-order valence-corrected chi connectivity index (χ2v) is 4.38. The summed E-state index contributed by atoms with van der Waals surface area (Å²) in [5, 5.41) is 8.79. The van der Waals surface area contributed by atoms with Crippen LogP contribution in [0.25, 0.3) is 0 Å². The number of benzene rings is 2. The second kappa shape index (κ2) is 5.36. The molecule has 0 saturated heterocycles. The van der Waals surface area contributed by atoms with Crippen molar-refractivity contribution in [3.8, 4) is 6.07 Å². The summed E-state index contributed by atoms with van der Waals surface area (Å²) in [7, 11) is 1.96. The number of carbonyl (C=O) groups is 1. The predicted octanol–water partition coefficient (Wildman–Crippen LogP) is 3.45. The Morgan fingerprint density at radius 2 is 1.84 bits per heavy atom. The van der Waals surface area contributed by atoms with E-state index in [-0.39, 0.29) is 0 Å². The molecule has 0 aliphatic heterocycles. The normalized spacial score (nSPS) is 9.74. The number of hydrogen-bond donors (Lipinski definition) is 0. The Hall–Kier alpha value is -2.60. The summed E-state index contributed by atoms with van der Waals surface area (Å²) in [4.78, 5) is 12.8. The Balaban J connectivity index is 2.35. The zero-order valence-corrected chi connectivity index (χ0v) is 10.9. The van der Waals surface area contributed by atoms with Crippen LogP contribution in [0.2, 0.25) is 0 Å². The topological polar surface area (TPSA) is 44.1 Å². The van der Waals surface area contributed by atoms with Crippen molar-refractivity contribution in [3.05, 3.63) is 59.2 Å². The van der Waals surface area contributed by atoms with E-state index in [4.69, 9.17) is 5.26 Å². The number of aldehydes is 1. The summed E-state index contributed by atoms with van der Waals surface area (Å²) >= 11 is 0. The van der Waals surface area contributed by atoms with Crippen LogP contribution in [0, 0.1) is 18.3 Å². The van der Waals surface area contributed by atoms with Gasteiger partial charge in [-0.05, 0) is 55.0 Å². The number of nitrogens with zero attached hydrogens (tertiary/aromatic N) is 2. The maximum absolute atomic E-state index is 10.7. The van der Waals surface area contributed by atoms with Crippen LogP contribution in [0.3, 0.4) is 0 Å². The zero-order chi connectivity index (χ0) is 13.8. The van der Waals surface area contributed by atoms with Gasteiger partial charge < -0.3 is 4.90 Å². The van der Waals surface area contributed by atoms with Gasteiger partial charge in [-0.3, -0.25) is 4.79 Å². The van der Waals surface area contributed by atoms with Gasteiger partial charge in [0, 0.05) is 24.0 Å². The molecule has 3 heteroatoms. The first-order valence-corrected chi connectivity index (χ1v) is 5.95. The molecule has 94 valence electrons. The number of rotatable bonds is 3. The molecule has 0 saturated carbocycles. The first-order chi connectivity index (χ1) is 9.15. The molecular formula is C16H14N2O. The van der Waals surface area contributed by atoms with Crippen LogP contribution in [0.5, 0.6) is 0 Å². The Labute approximate surface area is 112 Å². The van der Waals surface area contributed by atoms with Gasteiger partial charge in [-0.1, -0.05) is 0 Å². The minimum atomic E-state index is 0.644. The molecule has 0 heterocycles. The molecule has 3 nitrogen and oxygen atoms in total. The molecule has 0 bridgehead atoms. The Kier molecular flexibility index (Phi) is 3.63. The SMILES string of the molecule is Cc1cc(C=O)ccc1N(C)c1ccc(C#N)cc1. The average Bonchev–Trinajstić information content (AvgIpc) is 2.46. The molecule has 0 spiro atoms. The van der Waals surface area contributed by atoms with E-state index >= 15 is 0 Å². The lowest BCUT2D eigenvalue weighted by Crippen LogP contribution is -2.10. The van der Waals surface area contributed by atoms with Gasteiger partial charge in [0.1, 0.15) is 6.29 Å². The first-order valence-electron chi connectivity index (χ1n) is 5.95. The lowest BCUT2D eigenvalue weighted by molar-refractivity contribution is 0.112. The molecule has 0 atom stereocenters. The summed E-state index contributed by atoms with van der Waals surface area (Å²) in [6.07, 6.45) is 0.846. The number of nitriles is 1. The van der Waals surface area contributed by atoms with Gasteiger partial charge in [0.05, 0.1) is 11.6 Å². The van der Waals surface area contributed by atoms with Crippen molar-refractivity contribution in [2.75, 3.05) is 11.9 Å². The highest BCUT2D eigenvalue weighted by Gasteiger charge is 2.07. The maximum atomic E-state index is 10.7. The number of aryl methyl sites for hydroxylation is 1. The molecule has 0 N–H and O–H groups in total. The van der Waals surface area contributed by atoms with Crippen LogP contribution in [0.1, 0.15) is 21.5 Å². The van der Waals surface area contributed by atoms with E-state index < -0.39 is 0 Å². The Bertz CT molecular complexity index is 639. The fourth-order valence-electron chi connectivity index (χ4n) is 2.03. The highest BCUT2D eigenvalue weighted by atomic mass is 16.1. The van der Waals surface area contributed by atoms with Crippen LogP contribution >= 0.6 is 0 Å². The monoisotopic (exact) mass is 250 g/mol. The van der Waals surface area contributed by atoms with E-state index in [1.165, 1.54) is 0 Å². The Morgan fingerprint density at radius 1 is 1.16 bits per heavy atom. The lowest BCUT2D eigenvalue weighted by Gasteiger charge is -2.21. The van der Waals surface area contributed by atoms with Crippen molar-refractivity contribution < 1.29 is 4.79 Å². The third kappa shape index (κ3) is 2.63. The maximum Gasteiger partial charge on any atom is 0.150 e. The van der Waals surface area contributed by atoms with Gasteiger partial charge in [0.2, 0.25) is 0 Å². The van der Waals surface area contributed by atoms with Crippen molar-refractivity contribution in [3.63, 3.8) is 0 Å². The van der Waals surface area contributed by atoms with Gasteiger partial charge in [-0.2, -0.15) is 5.26 Å². The van der Waals surface area contributed by atoms with E-state index in [0.29, 0.717) is 11.1 Å². The second-order valence-electron chi connectivity index (χ2n) is 4.38. The van der Waals surface area contributed by atoms with E-state index in [2.05, 4.69) is 6.07 Å². The summed E-state index contributed by atoms with van der Waals surface area (Å²) in [6.45, 7) is 1.97. The Morgan fingerprint density at radius 3 is 2.37 bits per heavy atom. The highest BCUT2D eigenvalue weighted by Crippen LogP contribution is 2.27. The van der Waals surface area contributed by atoms with E-state index in [1.54, 1.807) is 18.2 Å². The summed E-state index contributed by atoms with van der Waals surface area (Å²) in [6, 6.07) is 15.1. The van der Waals surface area contributed by atoms with Gasteiger partial charge in [-0.25, -0.2) is 0 Å². The molecule has 0 fully saturated rings. The number of anilines is 2. The summed E-state index contributed by atoms with van der Waals surface area (Å²) in [5.41, 5.74) is 4.40. The highest BCUT2D eigenvalue weighted by molar-refractivity contribution is 5.78. The van der Waals surface area contributed by atoms with Crippen LogP contribution in [0.15, 0.2) is 42.5 Å². The van der Waals surface area contributed by atoms with Crippen LogP contribution in [0.4, 0.5) is 11.4 Å². The molecule has 0 aromatic heterocycles. The van der Waals surface area contributed by atoms with Gasteiger partial charge in [0.25, 0.3) is 0 Å².